The highest BCUT2D eigenvalue weighted by molar-refractivity contribution is 7.92. The zero-order valence-electron chi connectivity index (χ0n) is 22.7. The molecule has 0 aliphatic rings. The first-order chi connectivity index (χ1) is 18.0. The van der Waals surface area contributed by atoms with Crippen molar-refractivity contribution in [1.29, 1.82) is 0 Å². The van der Waals surface area contributed by atoms with Crippen LogP contribution in [0.25, 0.3) is 0 Å². The highest BCUT2D eigenvalue weighted by Crippen LogP contribution is 2.25. The Morgan fingerprint density at radius 3 is 2.08 bits per heavy atom. The van der Waals surface area contributed by atoms with Gasteiger partial charge in [0.25, 0.3) is 10.0 Å². The summed E-state index contributed by atoms with van der Waals surface area (Å²) in [5, 5.41) is 2.95. The normalized spacial score (nSPS) is 12.9. The van der Waals surface area contributed by atoms with Crippen molar-refractivity contribution in [3.63, 3.8) is 0 Å². The van der Waals surface area contributed by atoms with Gasteiger partial charge >= 0.3 is 0 Å². The molecule has 8 heteroatoms. The SMILES string of the molecule is CC[C@H](C)NC(=O)[C@H](C)N(Cc1ccccc1C)C(=O)CN(c1ccc(C)cc1)S(=O)(=O)c1ccccc1. The number of nitrogens with zero attached hydrogens (tertiary/aromatic N) is 2. The molecule has 7 nitrogen and oxygen atoms in total. The van der Waals surface area contributed by atoms with Crippen LogP contribution in [0.5, 0.6) is 0 Å². The van der Waals surface area contributed by atoms with Crippen LogP contribution in [0.2, 0.25) is 0 Å². The van der Waals surface area contributed by atoms with E-state index in [0.29, 0.717) is 5.69 Å². The Labute approximate surface area is 226 Å². The summed E-state index contributed by atoms with van der Waals surface area (Å²) < 4.78 is 28.6. The molecule has 0 spiro atoms. The van der Waals surface area contributed by atoms with Gasteiger partial charge in [0.1, 0.15) is 12.6 Å². The Kier molecular flexibility index (Phi) is 9.69. The summed E-state index contributed by atoms with van der Waals surface area (Å²) in [6.07, 6.45) is 0.751. The summed E-state index contributed by atoms with van der Waals surface area (Å²) in [6.45, 7) is 9.13. The Balaban J connectivity index is 2.02. The topological polar surface area (TPSA) is 86.8 Å². The van der Waals surface area contributed by atoms with Crippen molar-refractivity contribution in [2.75, 3.05) is 10.8 Å². The van der Waals surface area contributed by atoms with Crippen LogP contribution in [0, 0.1) is 13.8 Å². The van der Waals surface area contributed by atoms with Gasteiger partial charge in [-0.2, -0.15) is 0 Å². The van der Waals surface area contributed by atoms with Crippen molar-refractivity contribution in [2.45, 2.75) is 64.6 Å². The van der Waals surface area contributed by atoms with Gasteiger partial charge in [0, 0.05) is 12.6 Å². The third-order valence-corrected chi connectivity index (χ3v) is 8.49. The zero-order valence-corrected chi connectivity index (χ0v) is 23.5. The predicted molar refractivity (Wildman–Crippen MR) is 151 cm³/mol. The van der Waals surface area contributed by atoms with Crippen LogP contribution in [-0.4, -0.2) is 43.8 Å². The average Bonchev–Trinajstić information content (AvgIpc) is 2.91. The number of rotatable bonds is 11. The van der Waals surface area contributed by atoms with Crippen molar-refractivity contribution in [2.24, 2.45) is 0 Å². The quantitative estimate of drug-likeness (QED) is 0.381. The minimum atomic E-state index is -4.06. The second kappa shape index (κ2) is 12.7. The van der Waals surface area contributed by atoms with E-state index >= 15 is 0 Å². The predicted octanol–water partition coefficient (Wildman–Crippen LogP) is 4.83. The van der Waals surface area contributed by atoms with Gasteiger partial charge in [0.15, 0.2) is 0 Å². The maximum Gasteiger partial charge on any atom is 0.264 e. The molecule has 0 fully saturated rings. The summed E-state index contributed by atoms with van der Waals surface area (Å²) in [7, 11) is -4.06. The molecule has 202 valence electrons. The number of nitrogens with one attached hydrogen (secondary N) is 1. The Morgan fingerprint density at radius 1 is 0.868 bits per heavy atom. The fraction of sp³-hybridized carbons (Fsp3) is 0.333. The number of amides is 2. The van der Waals surface area contributed by atoms with Crippen LogP contribution < -0.4 is 9.62 Å². The van der Waals surface area contributed by atoms with Crippen LogP contribution in [-0.2, 0) is 26.2 Å². The molecule has 0 radical (unpaired) electrons. The minimum Gasteiger partial charge on any atom is -0.352 e. The highest BCUT2D eigenvalue weighted by Gasteiger charge is 2.32. The van der Waals surface area contributed by atoms with Gasteiger partial charge in [-0.1, -0.05) is 67.1 Å². The molecule has 0 unspecified atom stereocenters. The number of anilines is 1. The lowest BCUT2D eigenvalue weighted by Crippen LogP contribution is -2.52. The van der Waals surface area contributed by atoms with Gasteiger partial charge in [-0.25, -0.2) is 8.42 Å². The minimum absolute atomic E-state index is 0.0529. The molecular weight excluding hydrogens is 498 g/mol. The molecule has 0 saturated carbocycles. The fourth-order valence-corrected chi connectivity index (χ4v) is 5.41. The van der Waals surface area contributed by atoms with Crippen LogP contribution in [0.15, 0.2) is 83.8 Å². The van der Waals surface area contributed by atoms with Crippen molar-refractivity contribution in [3.05, 3.63) is 95.6 Å². The zero-order chi connectivity index (χ0) is 27.9. The average molecular weight is 536 g/mol. The summed E-state index contributed by atoms with van der Waals surface area (Å²) in [5.74, 6) is -0.755. The van der Waals surface area contributed by atoms with Gasteiger partial charge in [0.05, 0.1) is 10.6 Å². The molecule has 0 aromatic heterocycles. The third-order valence-electron chi connectivity index (χ3n) is 6.70. The Hall–Kier alpha value is -3.65. The monoisotopic (exact) mass is 535 g/mol. The lowest BCUT2D eigenvalue weighted by Gasteiger charge is -2.32. The second-order valence-electron chi connectivity index (χ2n) is 9.60. The Morgan fingerprint density at radius 2 is 1.47 bits per heavy atom. The van der Waals surface area contributed by atoms with E-state index in [1.54, 1.807) is 49.4 Å². The van der Waals surface area contributed by atoms with E-state index in [1.807, 2.05) is 52.0 Å². The number of carbonyl (C=O) groups excluding carboxylic acids is 2. The van der Waals surface area contributed by atoms with E-state index in [2.05, 4.69) is 5.32 Å². The van der Waals surface area contributed by atoms with E-state index in [0.717, 1.165) is 27.4 Å². The van der Waals surface area contributed by atoms with Crippen molar-refractivity contribution >= 4 is 27.5 Å². The van der Waals surface area contributed by atoms with E-state index in [-0.39, 0.29) is 23.4 Å². The summed E-state index contributed by atoms with van der Waals surface area (Å²) >= 11 is 0. The highest BCUT2D eigenvalue weighted by atomic mass is 32.2. The van der Waals surface area contributed by atoms with E-state index in [9.17, 15) is 18.0 Å². The molecule has 0 aliphatic heterocycles. The molecule has 0 heterocycles. The lowest BCUT2D eigenvalue weighted by molar-refractivity contribution is -0.139. The Bertz CT molecular complexity index is 1340. The molecule has 0 aliphatic carbocycles. The van der Waals surface area contributed by atoms with Gasteiger partial charge in [-0.05, 0) is 69.5 Å². The van der Waals surface area contributed by atoms with Crippen LogP contribution in [0.4, 0.5) is 5.69 Å². The molecule has 2 amide bonds. The molecule has 0 saturated heterocycles. The molecule has 2 atom stereocenters. The van der Waals surface area contributed by atoms with Gasteiger partial charge in [0.2, 0.25) is 11.8 Å². The lowest BCUT2D eigenvalue weighted by atomic mass is 10.1. The smallest absolute Gasteiger partial charge is 0.264 e. The molecule has 3 aromatic carbocycles. The van der Waals surface area contributed by atoms with Crippen LogP contribution in [0.1, 0.15) is 43.9 Å². The first kappa shape index (κ1) is 28.9. The van der Waals surface area contributed by atoms with E-state index in [1.165, 1.54) is 17.0 Å². The van der Waals surface area contributed by atoms with E-state index < -0.39 is 28.5 Å². The first-order valence-corrected chi connectivity index (χ1v) is 14.3. The summed E-state index contributed by atoms with van der Waals surface area (Å²) in [6, 6.07) is 21.8. The molecule has 3 aromatic rings. The number of aryl methyl sites for hydroxylation is 2. The number of hydrogen-bond donors (Lipinski definition) is 1. The summed E-state index contributed by atoms with van der Waals surface area (Å²) in [4.78, 5) is 28.6. The molecule has 38 heavy (non-hydrogen) atoms. The van der Waals surface area contributed by atoms with E-state index in [4.69, 9.17) is 0 Å². The van der Waals surface area contributed by atoms with Crippen LogP contribution in [0.3, 0.4) is 0 Å². The first-order valence-electron chi connectivity index (χ1n) is 12.8. The number of hydrogen-bond acceptors (Lipinski definition) is 4. The summed E-state index contributed by atoms with van der Waals surface area (Å²) in [5.41, 5.74) is 3.21. The largest absolute Gasteiger partial charge is 0.352 e. The van der Waals surface area contributed by atoms with Crippen molar-refractivity contribution < 1.29 is 18.0 Å². The number of benzene rings is 3. The van der Waals surface area contributed by atoms with Gasteiger partial charge < -0.3 is 10.2 Å². The van der Waals surface area contributed by atoms with Gasteiger partial charge in [-0.15, -0.1) is 0 Å². The number of sulfonamides is 1. The van der Waals surface area contributed by atoms with Gasteiger partial charge in [-0.3, -0.25) is 13.9 Å². The third kappa shape index (κ3) is 7.01. The van der Waals surface area contributed by atoms with Crippen molar-refractivity contribution in [1.82, 2.24) is 10.2 Å². The molecular formula is C30H37N3O4S. The molecule has 1 N–H and O–H groups in total. The second-order valence-corrected chi connectivity index (χ2v) is 11.5. The standard InChI is InChI=1S/C30H37N3O4S/c1-6-24(4)31-30(35)25(5)32(20-26-13-11-10-12-23(26)3)29(34)21-33(27-18-16-22(2)17-19-27)38(36,37)28-14-8-7-9-15-28/h7-19,24-25H,6,20-21H2,1-5H3,(H,31,35)/t24-,25-/m0/s1. The maximum absolute atomic E-state index is 13.9. The van der Waals surface area contributed by atoms with Crippen molar-refractivity contribution in [3.8, 4) is 0 Å². The fourth-order valence-electron chi connectivity index (χ4n) is 3.98. The molecule has 3 rings (SSSR count). The number of carbonyl (C=O) groups is 2. The van der Waals surface area contributed by atoms with Crippen LogP contribution >= 0.6 is 0 Å². The maximum atomic E-state index is 13.9. The molecule has 0 bridgehead atoms.